The molecule has 0 aliphatic rings. The molecule has 1 unspecified atom stereocenters. The number of hydrogen-bond donors (Lipinski definition) is 2. The van der Waals surface area contributed by atoms with Crippen molar-refractivity contribution in [3.05, 3.63) is 44.7 Å². The molecule has 4 heteroatoms. The molecule has 1 atom stereocenters. The van der Waals surface area contributed by atoms with Gasteiger partial charge in [-0.1, -0.05) is 29.8 Å². The lowest BCUT2D eigenvalue weighted by molar-refractivity contribution is 0.804. The lowest BCUT2D eigenvalue weighted by Crippen LogP contribution is -2.19. The van der Waals surface area contributed by atoms with Crippen LogP contribution in [-0.4, -0.2) is 4.98 Å². The number of fused-ring (bicyclic) bond motifs is 1. The normalized spacial score (nSPS) is 11.8. The van der Waals surface area contributed by atoms with Crippen molar-refractivity contribution in [1.29, 1.82) is 0 Å². The minimum atomic E-state index is -0.253. The van der Waals surface area contributed by atoms with Gasteiger partial charge in [0.2, 0.25) is 0 Å². The van der Waals surface area contributed by atoms with Crippen molar-refractivity contribution in [2.75, 3.05) is 0 Å². The van der Waals surface area contributed by atoms with Gasteiger partial charge in [-0.15, -0.1) is 0 Å². The molecule has 17 heavy (non-hydrogen) atoms. The van der Waals surface area contributed by atoms with E-state index >= 15 is 0 Å². The van der Waals surface area contributed by atoms with E-state index in [1.54, 1.807) is 6.92 Å². The van der Waals surface area contributed by atoms with Gasteiger partial charge in [-0.3, -0.25) is 4.79 Å². The lowest BCUT2D eigenvalue weighted by atomic mass is 10.1. The van der Waals surface area contributed by atoms with Gasteiger partial charge in [-0.2, -0.15) is 0 Å². The van der Waals surface area contributed by atoms with E-state index in [4.69, 9.17) is 5.73 Å². The van der Waals surface area contributed by atoms with Gasteiger partial charge in [0.1, 0.15) is 0 Å². The van der Waals surface area contributed by atoms with Gasteiger partial charge in [0, 0.05) is 21.6 Å². The van der Waals surface area contributed by atoms with Crippen LogP contribution in [0.3, 0.4) is 0 Å². The zero-order valence-electron chi connectivity index (χ0n) is 10.3. The number of hydrogen-bond acceptors (Lipinski definition) is 2. The Bertz CT molecular complexity index is 561. The van der Waals surface area contributed by atoms with Crippen molar-refractivity contribution in [3.8, 4) is 0 Å². The van der Waals surface area contributed by atoms with Gasteiger partial charge in [0.05, 0.1) is 0 Å². The number of aromatic nitrogens is 1. The minimum absolute atomic E-state index is 0.111. The van der Waals surface area contributed by atoms with E-state index in [0.29, 0.717) is 5.56 Å². The average molecular weight is 297 g/mol. The highest BCUT2D eigenvalue weighted by Crippen LogP contribution is 2.18. The van der Waals surface area contributed by atoms with Gasteiger partial charge in [-0.25, -0.2) is 0 Å². The van der Waals surface area contributed by atoms with Crippen LogP contribution in [0, 0.1) is 0 Å². The first kappa shape index (κ1) is 13.9. The number of halogens is 1. The molecule has 2 rings (SSSR count). The summed E-state index contributed by atoms with van der Waals surface area (Å²) in [6.07, 6.45) is 0. The second-order valence-corrected chi connectivity index (χ2v) is 4.49. The Morgan fingerprint density at radius 2 is 1.94 bits per heavy atom. The fourth-order valence-corrected chi connectivity index (χ4v) is 1.91. The summed E-state index contributed by atoms with van der Waals surface area (Å²) in [5.41, 5.74) is 7.04. The Balaban J connectivity index is 0.000000686. The molecule has 2 aromatic rings. The van der Waals surface area contributed by atoms with Crippen LogP contribution in [-0.2, 0) is 0 Å². The van der Waals surface area contributed by atoms with Crippen LogP contribution >= 0.6 is 15.9 Å². The molecule has 1 aromatic heterocycles. The molecule has 0 aliphatic heterocycles. The summed E-state index contributed by atoms with van der Waals surface area (Å²) < 4.78 is 0.984. The molecular weight excluding hydrogens is 280 g/mol. The molecule has 0 fully saturated rings. The standard InChI is InChI=1S/C11H11BrN2O.C2H6/c1-6(13)9-5-7-4-8(12)2-3-10(7)14-11(9)15;1-2/h2-6H,13H2,1H3,(H,14,15);1-2H3. The highest BCUT2D eigenvalue weighted by atomic mass is 79.9. The molecule has 0 aliphatic carbocycles. The summed E-state index contributed by atoms with van der Waals surface area (Å²) >= 11 is 3.39. The van der Waals surface area contributed by atoms with Crippen molar-refractivity contribution in [3.63, 3.8) is 0 Å². The zero-order valence-corrected chi connectivity index (χ0v) is 11.8. The number of benzene rings is 1. The summed E-state index contributed by atoms with van der Waals surface area (Å²) in [7, 11) is 0. The molecule has 0 spiro atoms. The first-order chi connectivity index (χ1) is 8.08. The Morgan fingerprint density at radius 1 is 1.29 bits per heavy atom. The molecule has 3 nitrogen and oxygen atoms in total. The Kier molecular flexibility index (Phi) is 4.90. The van der Waals surface area contributed by atoms with Crippen LogP contribution < -0.4 is 11.3 Å². The summed E-state index contributed by atoms with van der Waals surface area (Å²) in [4.78, 5) is 14.4. The summed E-state index contributed by atoms with van der Waals surface area (Å²) in [5.74, 6) is 0. The van der Waals surface area contributed by atoms with E-state index in [-0.39, 0.29) is 11.6 Å². The largest absolute Gasteiger partial charge is 0.324 e. The van der Waals surface area contributed by atoms with E-state index in [9.17, 15) is 4.79 Å². The van der Waals surface area contributed by atoms with Gasteiger partial charge < -0.3 is 10.7 Å². The predicted molar refractivity (Wildman–Crippen MR) is 76.2 cm³/mol. The molecule has 0 saturated heterocycles. The number of rotatable bonds is 1. The second kappa shape index (κ2) is 5.98. The number of nitrogens with two attached hydrogens (primary N) is 1. The molecule has 1 heterocycles. The zero-order chi connectivity index (χ0) is 13.0. The van der Waals surface area contributed by atoms with Crippen molar-refractivity contribution >= 4 is 26.8 Å². The van der Waals surface area contributed by atoms with Crippen LogP contribution in [0.25, 0.3) is 10.9 Å². The van der Waals surface area contributed by atoms with E-state index in [1.165, 1.54) is 0 Å². The van der Waals surface area contributed by atoms with E-state index < -0.39 is 0 Å². The summed E-state index contributed by atoms with van der Waals surface area (Å²) in [5, 5.41) is 0.983. The van der Waals surface area contributed by atoms with Gasteiger partial charge in [-0.05, 0) is 36.6 Å². The smallest absolute Gasteiger partial charge is 0.253 e. The molecule has 3 N–H and O–H groups in total. The van der Waals surface area contributed by atoms with Gasteiger partial charge in [0.15, 0.2) is 0 Å². The third kappa shape index (κ3) is 3.17. The van der Waals surface area contributed by atoms with Crippen LogP contribution in [0.4, 0.5) is 0 Å². The monoisotopic (exact) mass is 296 g/mol. The van der Waals surface area contributed by atoms with Crippen molar-refractivity contribution in [1.82, 2.24) is 4.98 Å². The Morgan fingerprint density at radius 3 is 2.53 bits per heavy atom. The number of pyridine rings is 1. The first-order valence-electron chi connectivity index (χ1n) is 5.66. The fourth-order valence-electron chi connectivity index (χ4n) is 1.53. The van der Waals surface area contributed by atoms with Gasteiger partial charge in [0.25, 0.3) is 5.56 Å². The highest BCUT2D eigenvalue weighted by Gasteiger charge is 2.06. The quantitative estimate of drug-likeness (QED) is 0.848. The maximum absolute atomic E-state index is 11.6. The van der Waals surface area contributed by atoms with E-state index in [0.717, 1.165) is 15.4 Å². The van der Waals surface area contributed by atoms with Crippen molar-refractivity contribution < 1.29 is 0 Å². The van der Waals surface area contributed by atoms with E-state index in [1.807, 2.05) is 38.1 Å². The first-order valence-corrected chi connectivity index (χ1v) is 6.45. The minimum Gasteiger partial charge on any atom is -0.324 e. The molecule has 0 radical (unpaired) electrons. The average Bonchev–Trinajstić information content (AvgIpc) is 2.31. The summed E-state index contributed by atoms with van der Waals surface area (Å²) in [6, 6.07) is 7.30. The molecular formula is C13H17BrN2O. The number of H-pyrrole nitrogens is 1. The molecule has 0 bridgehead atoms. The molecule has 92 valence electrons. The fraction of sp³-hybridized carbons (Fsp3) is 0.308. The highest BCUT2D eigenvalue weighted by molar-refractivity contribution is 9.10. The van der Waals surface area contributed by atoms with Crippen molar-refractivity contribution in [2.24, 2.45) is 5.73 Å². The molecule has 0 amide bonds. The maximum Gasteiger partial charge on any atom is 0.253 e. The van der Waals surface area contributed by atoms with Crippen LogP contribution in [0.5, 0.6) is 0 Å². The summed E-state index contributed by atoms with van der Waals surface area (Å²) in [6.45, 7) is 5.80. The van der Waals surface area contributed by atoms with Crippen LogP contribution in [0.2, 0.25) is 0 Å². The maximum atomic E-state index is 11.6. The van der Waals surface area contributed by atoms with Crippen LogP contribution in [0.15, 0.2) is 33.5 Å². The third-order valence-corrected chi connectivity index (χ3v) is 2.82. The Hall–Kier alpha value is -1.13. The molecule has 0 saturated carbocycles. The number of nitrogens with one attached hydrogen (secondary N) is 1. The second-order valence-electron chi connectivity index (χ2n) is 3.57. The van der Waals surface area contributed by atoms with E-state index in [2.05, 4.69) is 20.9 Å². The predicted octanol–water partition coefficient (Wildman–Crippen LogP) is 3.34. The van der Waals surface area contributed by atoms with Crippen molar-refractivity contribution in [2.45, 2.75) is 26.8 Å². The molecule has 1 aromatic carbocycles. The lowest BCUT2D eigenvalue weighted by Gasteiger charge is -2.06. The van der Waals surface area contributed by atoms with Gasteiger partial charge >= 0.3 is 0 Å². The van der Waals surface area contributed by atoms with Crippen LogP contribution in [0.1, 0.15) is 32.4 Å². The third-order valence-electron chi connectivity index (χ3n) is 2.33. The topological polar surface area (TPSA) is 58.9 Å². The SMILES string of the molecule is CC.CC(N)c1cc2cc(Br)ccc2[nH]c1=O. The number of aromatic amines is 1. The Labute approximate surface area is 109 Å².